The van der Waals surface area contributed by atoms with Crippen LogP contribution in [0.2, 0.25) is 0 Å². The molecule has 2 heterocycles. The van der Waals surface area contributed by atoms with Crippen LogP contribution in [0.4, 0.5) is 0 Å². The molecule has 0 aromatic heterocycles. The molecule has 1 N–H and O–H groups in total. The van der Waals surface area contributed by atoms with Gasteiger partial charge in [0.05, 0.1) is 24.4 Å². The lowest BCUT2D eigenvalue weighted by Crippen LogP contribution is -2.39. The van der Waals surface area contributed by atoms with Crippen LogP contribution in [-0.2, 0) is 23.8 Å². The largest absolute Gasteiger partial charge is 0.465 e. The van der Waals surface area contributed by atoms with Crippen molar-refractivity contribution in [2.45, 2.75) is 58.5 Å². The van der Waals surface area contributed by atoms with E-state index in [0.717, 1.165) is 24.1 Å². The van der Waals surface area contributed by atoms with E-state index in [-0.39, 0.29) is 23.9 Å². The van der Waals surface area contributed by atoms with Gasteiger partial charge >= 0.3 is 11.9 Å². The molecule has 2 atom stereocenters. The monoisotopic (exact) mass is 453 g/mol. The minimum Gasteiger partial charge on any atom is -0.465 e. The number of Topliss-reactive ketones (excluding diaryl/α,β-unsaturated/α-hetero) is 1. The van der Waals surface area contributed by atoms with Crippen molar-refractivity contribution in [2.75, 3.05) is 20.3 Å². The normalized spacial score (nSPS) is 24.3. The maximum atomic E-state index is 13.3. The SMILES string of the molecule is COC(=O)c1ccc([C@@H]2C(C(=O)OC[C@@H]3CCCO3)=C(C)NC3=C2C(=O)CC(C)(C)C3)cc1. The molecule has 7 heteroatoms. The number of ketones is 1. The number of rotatable bonds is 5. The lowest BCUT2D eigenvalue weighted by Gasteiger charge is -2.39. The van der Waals surface area contributed by atoms with Gasteiger partial charge in [0, 0.05) is 35.9 Å². The summed E-state index contributed by atoms with van der Waals surface area (Å²) in [6.07, 6.45) is 2.85. The van der Waals surface area contributed by atoms with Crippen molar-refractivity contribution in [2.24, 2.45) is 5.41 Å². The first-order chi connectivity index (χ1) is 15.7. The van der Waals surface area contributed by atoms with E-state index in [1.165, 1.54) is 7.11 Å². The Bertz CT molecular complexity index is 1030. The highest BCUT2D eigenvalue weighted by Crippen LogP contribution is 2.46. The van der Waals surface area contributed by atoms with Crippen molar-refractivity contribution in [3.05, 3.63) is 57.9 Å². The van der Waals surface area contributed by atoms with Gasteiger partial charge in [-0.2, -0.15) is 0 Å². The molecule has 0 unspecified atom stereocenters. The minimum absolute atomic E-state index is 0.0210. The molecular formula is C26H31NO6. The topological polar surface area (TPSA) is 90.9 Å². The van der Waals surface area contributed by atoms with Crippen molar-refractivity contribution < 1.29 is 28.6 Å². The highest BCUT2D eigenvalue weighted by molar-refractivity contribution is 6.04. The van der Waals surface area contributed by atoms with Gasteiger partial charge < -0.3 is 19.5 Å². The number of methoxy groups -OCH3 is 1. The van der Waals surface area contributed by atoms with E-state index in [2.05, 4.69) is 19.2 Å². The van der Waals surface area contributed by atoms with Crippen molar-refractivity contribution in [3.8, 4) is 0 Å². The molecule has 3 aliphatic rings. The van der Waals surface area contributed by atoms with Crippen LogP contribution in [-0.4, -0.2) is 44.1 Å². The van der Waals surface area contributed by atoms with Crippen molar-refractivity contribution in [1.82, 2.24) is 5.32 Å². The van der Waals surface area contributed by atoms with E-state index in [1.54, 1.807) is 24.3 Å². The molecule has 1 fully saturated rings. The highest BCUT2D eigenvalue weighted by atomic mass is 16.6. The zero-order valence-corrected chi connectivity index (χ0v) is 19.7. The molecule has 0 bridgehead atoms. The molecule has 4 rings (SSSR count). The average molecular weight is 454 g/mol. The van der Waals surface area contributed by atoms with Crippen LogP contribution in [0.25, 0.3) is 0 Å². The lowest BCUT2D eigenvalue weighted by atomic mass is 9.68. The summed E-state index contributed by atoms with van der Waals surface area (Å²) in [4.78, 5) is 38.5. The predicted molar refractivity (Wildman–Crippen MR) is 121 cm³/mol. The number of dihydropyridines is 1. The number of benzene rings is 1. The van der Waals surface area contributed by atoms with E-state index < -0.39 is 17.9 Å². The summed E-state index contributed by atoms with van der Waals surface area (Å²) in [6.45, 7) is 6.86. The van der Waals surface area contributed by atoms with Gasteiger partial charge in [-0.25, -0.2) is 9.59 Å². The van der Waals surface area contributed by atoms with E-state index in [4.69, 9.17) is 14.2 Å². The summed E-state index contributed by atoms with van der Waals surface area (Å²) in [7, 11) is 1.33. The summed E-state index contributed by atoms with van der Waals surface area (Å²) >= 11 is 0. The second kappa shape index (κ2) is 9.14. The van der Waals surface area contributed by atoms with Gasteiger partial charge in [0.1, 0.15) is 6.61 Å². The molecule has 1 aromatic rings. The number of carbonyl (C=O) groups is 3. The third-order valence-electron chi connectivity index (χ3n) is 6.55. The molecule has 7 nitrogen and oxygen atoms in total. The number of ether oxygens (including phenoxy) is 3. The zero-order valence-electron chi connectivity index (χ0n) is 19.7. The predicted octanol–water partition coefficient (Wildman–Crippen LogP) is 3.80. The smallest absolute Gasteiger partial charge is 0.337 e. The van der Waals surface area contributed by atoms with Gasteiger partial charge in [-0.3, -0.25) is 4.79 Å². The van der Waals surface area contributed by atoms with Crippen LogP contribution < -0.4 is 5.32 Å². The summed E-state index contributed by atoms with van der Waals surface area (Å²) < 4.78 is 16.0. The quantitative estimate of drug-likeness (QED) is 0.678. The molecule has 33 heavy (non-hydrogen) atoms. The Labute approximate surface area is 194 Å². The fraction of sp³-hybridized carbons (Fsp3) is 0.500. The maximum Gasteiger partial charge on any atom is 0.337 e. The number of hydrogen-bond acceptors (Lipinski definition) is 7. The highest BCUT2D eigenvalue weighted by Gasteiger charge is 2.43. The molecule has 0 radical (unpaired) electrons. The molecule has 1 aromatic carbocycles. The third-order valence-corrected chi connectivity index (χ3v) is 6.55. The molecule has 0 spiro atoms. The van der Waals surface area contributed by atoms with E-state index in [1.807, 2.05) is 6.92 Å². The molecule has 2 aliphatic heterocycles. The summed E-state index contributed by atoms with van der Waals surface area (Å²) in [6, 6.07) is 6.87. The van der Waals surface area contributed by atoms with Gasteiger partial charge in [-0.15, -0.1) is 0 Å². The number of allylic oxidation sites excluding steroid dienone is 3. The fourth-order valence-electron chi connectivity index (χ4n) is 4.99. The summed E-state index contributed by atoms with van der Waals surface area (Å²) in [5.41, 5.74) is 3.56. The maximum absolute atomic E-state index is 13.3. The van der Waals surface area contributed by atoms with Crippen molar-refractivity contribution in [3.63, 3.8) is 0 Å². The summed E-state index contributed by atoms with van der Waals surface area (Å²) in [5.74, 6) is -1.44. The van der Waals surface area contributed by atoms with Crippen molar-refractivity contribution >= 4 is 17.7 Å². The van der Waals surface area contributed by atoms with Crippen LogP contribution in [0.5, 0.6) is 0 Å². The van der Waals surface area contributed by atoms with Crippen LogP contribution in [0.15, 0.2) is 46.8 Å². The Morgan fingerprint density at radius 2 is 1.88 bits per heavy atom. The van der Waals surface area contributed by atoms with Crippen molar-refractivity contribution in [1.29, 1.82) is 0 Å². The Morgan fingerprint density at radius 1 is 1.15 bits per heavy atom. The first-order valence-corrected chi connectivity index (χ1v) is 11.4. The fourth-order valence-corrected chi connectivity index (χ4v) is 4.99. The Kier molecular flexibility index (Phi) is 6.43. The van der Waals surface area contributed by atoms with Crippen LogP contribution in [0, 0.1) is 5.41 Å². The van der Waals surface area contributed by atoms with Crippen LogP contribution in [0.1, 0.15) is 68.3 Å². The Morgan fingerprint density at radius 3 is 2.52 bits per heavy atom. The number of esters is 2. The third kappa shape index (κ3) is 4.74. The van der Waals surface area contributed by atoms with Crippen LogP contribution >= 0.6 is 0 Å². The molecule has 1 aliphatic carbocycles. The lowest BCUT2D eigenvalue weighted by molar-refractivity contribution is -0.142. The van der Waals surface area contributed by atoms with Gasteiger partial charge in [0.15, 0.2) is 5.78 Å². The zero-order chi connectivity index (χ0) is 23.8. The molecule has 0 saturated carbocycles. The first kappa shape index (κ1) is 23.2. The van der Waals surface area contributed by atoms with E-state index in [0.29, 0.717) is 41.9 Å². The standard InChI is InChI=1S/C26H31NO6/c1-15-21(25(30)33-14-18-6-5-11-32-18)22(16-7-9-17(10-8-16)24(29)31-4)23-19(27-15)12-26(2,3)13-20(23)28/h7-10,18,22,27H,5-6,11-14H2,1-4H3/t18-,22+/m0/s1. The van der Waals surface area contributed by atoms with E-state index in [9.17, 15) is 14.4 Å². The minimum atomic E-state index is -0.562. The van der Waals surface area contributed by atoms with Crippen LogP contribution in [0.3, 0.4) is 0 Å². The second-order valence-electron chi connectivity index (χ2n) is 9.78. The van der Waals surface area contributed by atoms with Gasteiger partial charge in [-0.05, 0) is 49.3 Å². The molecule has 1 saturated heterocycles. The molecular weight excluding hydrogens is 422 g/mol. The van der Waals surface area contributed by atoms with Gasteiger partial charge in [-0.1, -0.05) is 26.0 Å². The summed E-state index contributed by atoms with van der Waals surface area (Å²) in [5, 5.41) is 3.33. The number of hydrogen-bond donors (Lipinski definition) is 1. The second-order valence-corrected chi connectivity index (χ2v) is 9.78. The Hall–Kier alpha value is -2.93. The van der Waals surface area contributed by atoms with Gasteiger partial charge in [0.25, 0.3) is 0 Å². The first-order valence-electron chi connectivity index (χ1n) is 11.4. The van der Waals surface area contributed by atoms with Gasteiger partial charge in [0.2, 0.25) is 0 Å². The molecule has 176 valence electrons. The Balaban J connectivity index is 1.72. The number of nitrogens with one attached hydrogen (secondary N) is 1. The van der Waals surface area contributed by atoms with E-state index >= 15 is 0 Å². The number of carbonyl (C=O) groups excluding carboxylic acids is 3. The average Bonchev–Trinajstić information content (AvgIpc) is 3.29. The molecule has 0 amide bonds.